The Kier molecular flexibility index (Phi) is 8.26. The number of rotatable bonds is 10. The van der Waals surface area contributed by atoms with Gasteiger partial charge in [-0.2, -0.15) is 0 Å². The average Bonchev–Trinajstić information content (AvgIpc) is 2.66. The molecule has 7 heteroatoms. The molecule has 1 aliphatic heterocycles. The van der Waals surface area contributed by atoms with Crippen LogP contribution in [0, 0.1) is 0 Å². The van der Waals surface area contributed by atoms with Gasteiger partial charge in [0.15, 0.2) is 11.5 Å². The summed E-state index contributed by atoms with van der Waals surface area (Å²) in [5.74, 6) is -1.37. The lowest BCUT2D eigenvalue weighted by atomic mass is 10.1. The maximum Gasteiger partial charge on any atom is 0.250 e. The smallest absolute Gasteiger partial charge is 0.250 e. The van der Waals surface area contributed by atoms with E-state index in [0.717, 1.165) is 18.7 Å². The lowest BCUT2D eigenvalue weighted by Crippen LogP contribution is -2.38. The number of hydrogen-bond acceptors (Lipinski definition) is 5. The molecule has 0 spiro atoms. The van der Waals surface area contributed by atoms with E-state index in [-0.39, 0.29) is 19.4 Å². The Morgan fingerprint density at radius 3 is 2.44 bits per heavy atom. The van der Waals surface area contributed by atoms with Crippen molar-refractivity contribution >= 4 is 0 Å². The standard InChI is InChI=1S/C20H32F2N2O3/c1-4-23(5-2)14-17(25)15-27-19-12-16(6-7-18(19)26-3)13-24-10-8-20(21,22)9-11-24/h6-7,12,17,25H,4-5,8-11,13-15H2,1-3H3. The molecule has 5 nitrogen and oxygen atoms in total. The van der Waals surface area contributed by atoms with Crippen molar-refractivity contribution in [3.8, 4) is 11.5 Å². The van der Waals surface area contributed by atoms with E-state index in [1.54, 1.807) is 7.11 Å². The summed E-state index contributed by atoms with van der Waals surface area (Å²) in [5.41, 5.74) is 0.981. The van der Waals surface area contributed by atoms with Gasteiger partial charge in [0, 0.05) is 39.0 Å². The second-order valence-electron chi connectivity index (χ2n) is 7.07. The van der Waals surface area contributed by atoms with Crippen molar-refractivity contribution in [1.29, 1.82) is 0 Å². The lowest BCUT2D eigenvalue weighted by Gasteiger charge is -2.31. The zero-order valence-electron chi connectivity index (χ0n) is 16.6. The fourth-order valence-corrected chi connectivity index (χ4v) is 3.25. The maximum absolute atomic E-state index is 13.3. The number of halogens is 2. The summed E-state index contributed by atoms with van der Waals surface area (Å²) in [7, 11) is 1.57. The van der Waals surface area contributed by atoms with E-state index >= 15 is 0 Å². The molecule has 1 aromatic carbocycles. The van der Waals surface area contributed by atoms with Crippen molar-refractivity contribution in [3.05, 3.63) is 23.8 Å². The predicted octanol–water partition coefficient (Wildman–Crippen LogP) is 3.01. The summed E-state index contributed by atoms with van der Waals surface area (Å²) >= 11 is 0. The van der Waals surface area contributed by atoms with Crippen LogP contribution in [0.25, 0.3) is 0 Å². The zero-order valence-corrected chi connectivity index (χ0v) is 16.6. The lowest BCUT2D eigenvalue weighted by molar-refractivity contribution is -0.0566. The Balaban J connectivity index is 1.94. The van der Waals surface area contributed by atoms with E-state index in [4.69, 9.17) is 9.47 Å². The van der Waals surface area contributed by atoms with Gasteiger partial charge in [0.1, 0.15) is 12.7 Å². The molecular weight excluding hydrogens is 354 g/mol. The molecule has 1 saturated heterocycles. The number of nitrogens with zero attached hydrogens (tertiary/aromatic N) is 2. The molecule has 0 amide bonds. The first kappa shape index (κ1) is 21.9. The number of likely N-dealkylation sites (N-methyl/N-ethyl adjacent to an activating group) is 1. The fourth-order valence-electron chi connectivity index (χ4n) is 3.25. The van der Waals surface area contributed by atoms with Gasteiger partial charge >= 0.3 is 0 Å². The molecule has 0 radical (unpaired) electrons. The summed E-state index contributed by atoms with van der Waals surface area (Å²) < 4.78 is 37.8. The maximum atomic E-state index is 13.3. The number of likely N-dealkylation sites (tertiary alicyclic amines) is 1. The molecule has 1 aromatic rings. The Labute approximate surface area is 160 Å². The van der Waals surface area contributed by atoms with Gasteiger partial charge in [-0.05, 0) is 30.8 Å². The summed E-state index contributed by atoms with van der Waals surface area (Å²) in [6.07, 6.45) is -0.781. The molecule has 1 fully saturated rings. The highest BCUT2D eigenvalue weighted by Gasteiger charge is 2.33. The molecular formula is C20H32F2N2O3. The van der Waals surface area contributed by atoms with Crippen molar-refractivity contribution in [2.45, 2.75) is 45.3 Å². The van der Waals surface area contributed by atoms with Gasteiger partial charge in [0.25, 0.3) is 5.92 Å². The zero-order chi connectivity index (χ0) is 19.9. The van der Waals surface area contributed by atoms with Gasteiger partial charge < -0.3 is 19.5 Å². The number of aliphatic hydroxyl groups is 1. The molecule has 1 aliphatic rings. The van der Waals surface area contributed by atoms with E-state index in [9.17, 15) is 13.9 Å². The minimum atomic E-state index is -2.54. The summed E-state index contributed by atoms with van der Waals surface area (Å²) in [6, 6.07) is 5.61. The largest absolute Gasteiger partial charge is 0.493 e. The molecule has 2 rings (SSSR count). The molecule has 0 saturated carbocycles. The Morgan fingerprint density at radius 2 is 1.85 bits per heavy atom. The quantitative estimate of drug-likeness (QED) is 0.670. The van der Waals surface area contributed by atoms with Gasteiger partial charge in [-0.3, -0.25) is 4.90 Å². The number of ether oxygens (including phenoxy) is 2. The third-order valence-electron chi connectivity index (χ3n) is 5.02. The number of benzene rings is 1. The number of aliphatic hydroxyl groups excluding tert-OH is 1. The van der Waals surface area contributed by atoms with Crippen molar-refractivity contribution in [3.63, 3.8) is 0 Å². The van der Waals surface area contributed by atoms with Crippen LogP contribution in [0.5, 0.6) is 11.5 Å². The summed E-state index contributed by atoms with van der Waals surface area (Å²) in [5, 5.41) is 10.2. The first-order valence-electron chi connectivity index (χ1n) is 9.67. The monoisotopic (exact) mass is 386 g/mol. The van der Waals surface area contributed by atoms with Crippen molar-refractivity contribution in [2.24, 2.45) is 0 Å². The molecule has 1 N–H and O–H groups in total. The molecule has 1 atom stereocenters. The van der Waals surface area contributed by atoms with Gasteiger partial charge in [-0.25, -0.2) is 8.78 Å². The molecule has 154 valence electrons. The fraction of sp³-hybridized carbons (Fsp3) is 0.700. The minimum Gasteiger partial charge on any atom is -0.493 e. The van der Waals surface area contributed by atoms with Crippen LogP contribution in [0.3, 0.4) is 0 Å². The van der Waals surface area contributed by atoms with Crippen LogP contribution < -0.4 is 9.47 Å². The van der Waals surface area contributed by atoms with Crippen molar-refractivity contribution in [1.82, 2.24) is 9.80 Å². The van der Waals surface area contributed by atoms with E-state index < -0.39 is 12.0 Å². The Hall–Kier alpha value is -1.44. The van der Waals surface area contributed by atoms with Gasteiger partial charge in [0.05, 0.1) is 7.11 Å². The second-order valence-corrected chi connectivity index (χ2v) is 7.07. The highest BCUT2D eigenvalue weighted by Crippen LogP contribution is 2.31. The van der Waals surface area contributed by atoms with Crippen LogP contribution in [0.15, 0.2) is 18.2 Å². The third-order valence-corrected chi connectivity index (χ3v) is 5.02. The first-order valence-corrected chi connectivity index (χ1v) is 9.67. The molecule has 0 bridgehead atoms. The van der Waals surface area contributed by atoms with Crippen LogP contribution in [0.2, 0.25) is 0 Å². The van der Waals surface area contributed by atoms with Gasteiger partial charge in [0.2, 0.25) is 0 Å². The van der Waals surface area contributed by atoms with Crippen LogP contribution in [0.4, 0.5) is 8.78 Å². The first-order chi connectivity index (χ1) is 12.9. The van der Waals surface area contributed by atoms with Crippen LogP contribution in [-0.2, 0) is 6.54 Å². The summed E-state index contributed by atoms with van der Waals surface area (Å²) in [6.45, 7) is 7.96. The number of alkyl halides is 2. The average molecular weight is 386 g/mol. The van der Waals surface area contributed by atoms with Crippen molar-refractivity contribution < 1.29 is 23.4 Å². The number of hydrogen-bond donors (Lipinski definition) is 1. The molecule has 0 aromatic heterocycles. The SMILES string of the molecule is CCN(CC)CC(O)COc1cc(CN2CCC(F)(F)CC2)ccc1OC. The third kappa shape index (κ3) is 6.90. The van der Waals surface area contributed by atoms with Gasteiger partial charge in [-0.15, -0.1) is 0 Å². The predicted molar refractivity (Wildman–Crippen MR) is 102 cm³/mol. The van der Waals surface area contributed by atoms with E-state index in [1.807, 2.05) is 23.1 Å². The Bertz CT molecular complexity index is 572. The molecule has 27 heavy (non-hydrogen) atoms. The van der Waals surface area contributed by atoms with Crippen LogP contribution >= 0.6 is 0 Å². The normalized spacial score (nSPS) is 18.5. The van der Waals surface area contributed by atoms with E-state index in [0.29, 0.717) is 37.7 Å². The topological polar surface area (TPSA) is 45.2 Å². The number of piperidine rings is 1. The van der Waals surface area contributed by atoms with E-state index in [2.05, 4.69) is 18.7 Å². The van der Waals surface area contributed by atoms with Crippen LogP contribution in [-0.4, -0.2) is 73.4 Å². The molecule has 1 heterocycles. The van der Waals surface area contributed by atoms with Crippen molar-refractivity contribution in [2.75, 3.05) is 46.4 Å². The highest BCUT2D eigenvalue weighted by atomic mass is 19.3. The second kappa shape index (κ2) is 10.2. The summed E-state index contributed by atoms with van der Waals surface area (Å²) in [4.78, 5) is 4.16. The highest BCUT2D eigenvalue weighted by molar-refractivity contribution is 5.43. The number of methoxy groups -OCH3 is 1. The molecule has 0 aliphatic carbocycles. The van der Waals surface area contributed by atoms with E-state index in [1.165, 1.54) is 0 Å². The minimum absolute atomic E-state index is 0.0932. The molecule has 1 unspecified atom stereocenters. The van der Waals surface area contributed by atoms with Gasteiger partial charge in [-0.1, -0.05) is 19.9 Å². The van der Waals surface area contributed by atoms with Crippen LogP contribution in [0.1, 0.15) is 32.3 Å². The Morgan fingerprint density at radius 1 is 1.19 bits per heavy atom.